The Hall–Kier alpha value is -6.91. The summed E-state index contributed by atoms with van der Waals surface area (Å²) >= 11 is 0. The third-order valence-corrected chi connectivity index (χ3v) is 13.3. The van der Waals surface area contributed by atoms with Crippen molar-refractivity contribution in [2.45, 2.75) is 59.3 Å². The van der Waals surface area contributed by atoms with Gasteiger partial charge in [-0.15, -0.1) is 0 Å². The van der Waals surface area contributed by atoms with Crippen LogP contribution >= 0.6 is 0 Å². The molecule has 0 amide bonds. The molecule has 8 aromatic carbocycles. The highest BCUT2D eigenvalue weighted by molar-refractivity contribution is 7.01. The zero-order valence-electron chi connectivity index (χ0n) is 36.8. The molecule has 0 saturated carbocycles. The zero-order chi connectivity index (χ0) is 42.9. The van der Waals surface area contributed by atoms with Crippen LogP contribution in [0.3, 0.4) is 0 Å². The van der Waals surface area contributed by atoms with Gasteiger partial charge in [-0.25, -0.2) is 0 Å². The molecule has 0 radical (unpaired) electrons. The summed E-state index contributed by atoms with van der Waals surface area (Å²) in [7, 11) is 0. The Labute approximate surface area is 372 Å². The molecule has 0 atom stereocenters. The molecule has 0 aliphatic carbocycles. The summed E-state index contributed by atoms with van der Waals surface area (Å²) in [5.41, 5.74) is 18.1. The number of hydrogen-bond donors (Lipinski definition) is 0. The third-order valence-electron chi connectivity index (χ3n) is 13.3. The first-order valence-electron chi connectivity index (χ1n) is 22.6. The van der Waals surface area contributed by atoms with Gasteiger partial charge in [-0.1, -0.05) is 156 Å². The van der Waals surface area contributed by atoms with Crippen LogP contribution < -0.4 is 52.1 Å². The summed E-state index contributed by atoms with van der Waals surface area (Å²) in [5, 5.41) is 0. The Morgan fingerprint density at radius 3 is 1.52 bits per heavy atom. The van der Waals surface area contributed by atoms with Crippen molar-refractivity contribution in [3.63, 3.8) is 0 Å². The summed E-state index contributed by atoms with van der Waals surface area (Å²) < 4.78 is 14.3. The van der Waals surface area contributed by atoms with Gasteiger partial charge in [0.05, 0.1) is 5.69 Å². The molecule has 0 N–H and O–H groups in total. The number of para-hydroxylation sites is 5. The minimum absolute atomic E-state index is 0.0283. The summed E-state index contributed by atoms with van der Waals surface area (Å²) in [5.74, 6) is 4.50. The van der Waals surface area contributed by atoms with Crippen molar-refractivity contribution in [1.29, 1.82) is 0 Å². The monoisotopic (exact) mass is 816 g/mol. The van der Waals surface area contributed by atoms with Crippen LogP contribution in [-0.2, 0) is 0 Å². The van der Waals surface area contributed by atoms with Gasteiger partial charge in [-0.3, -0.25) is 0 Å². The van der Waals surface area contributed by atoms with E-state index in [1.807, 2.05) is 0 Å². The number of anilines is 6. The fourth-order valence-electron chi connectivity index (χ4n) is 10.4. The Morgan fingerprint density at radius 2 is 0.921 bits per heavy atom. The Balaban J connectivity index is 1.18. The Kier molecular flexibility index (Phi) is 9.57. The Morgan fingerprint density at radius 1 is 0.397 bits per heavy atom. The second kappa shape index (κ2) is 15.5. The standard InChI is InChI=1S/C57H50B2N2O2/c1-36(2)39-30-44(37(3)4)56(45(31-39)38(5)6)59-47-27-17-19-29-52(47)62-53-35-54-48(34-49(53)59)58-46-26-16-18-28-50(46)61(42-24-14-9-15-25-42)51-32-43(33-55(63-54)57(51)58)60(40-20-10-7-11-21-40)41-22-12-8-13-23-41/h7-38H,1-6H3. The van der Waals surface area contributed by atoms with E-state index < -0.39 is 0 Å². The van der Waals surface area contributed by atoms with E-state index in [1.165, 1.54) is 38.5 Å². The molecule has 0 saturated heterocycles. The van der Waals surface area contributed by atoms with Crippen LogP contribution in [0.25, 0.3) is 0 Å². The lowest BCUT2D eigenvalue weighted by Gasteiger charge is -2.41. The van der Waals surface area contributed by atoms with Gasteiger partial charge in [-0.2, -0.15) is 0 Å². The Bertz CT molecular complexity index is 2950. The minimum Gasteiger partial charge on any atom is -0.458 e. The first-order chi connectivity index (χ1) is 30.7. The van der Waals surface area contributed by atoms with Gasteiger partial charge in [0.1, 0.15) is 23.0 Å². The maximum Gasteiger partial charge on any atom is 0.256 e. The molecule has 3 aliphatic rings. The molecule has 11 rings (SSSR count). The number of nitrogens with zero attached hydrogens (tertiary/aromatic N) is 2. The van der Waals surface area contributed by atoms with E-state index in [-0.39, 0.29) is 13.4 Å². The van der Waals surface area contributed by atoms with Crippen LogP contribution in [0.2, 0.25) is 0 Å². The van der Waals surface area contributed by atoms with Crippen molar-refractivity contribution in [1.82, 2.24) is 0 Å². The van der Waals surface area contributed by atoms with Crippen LogP contribution in [0.4, 0.5) is 34.1 Å². The third kappa shape index (κ3) is 6.46. The number of rotatable bonds is 8. The first-order valence-corrected chi connectivity index (χ1v) is 22.6. The maximum absolute atomic E-state index is 7.31. The van der Waals surface area contributed by atoms with E-state index in [9.17, 15) is 0 Å². The fourth-order valence-corrected chi connectivity index (χ4v) is 10.4. The molecule has 4 nitrogen and oxygen atoms in total. The van der Waals surface area contributed by atoms with Gasteiger partial charge in [0.25, 0.3) is 13.4 Å². The molecule has 8 aromatic rings. The number of hydrogen-bond acceptors (Lipinski definition) is 4. The first kappa shape index (κ1) is 39.0. The average molecular weight is 817 g/mol. The lowest BCUT2D eigenvalue weighted by Crippen LogP contribution is -2.62. The smallest absolute Gasteiger partial charge is 0.256 e. The van der Waals surface area contributed by atoms with Crippen molar-refractivity contribution >= 4 is 80.3 Å². The van der Waals surface area contributed by atoms with Crippen molar-refractivity contribution in [2.24, 2.45) is 0 Å². The molecule has 6 heteroatoms. The SMILES string of the molecule is CC(C)c1cc(C(C)C)c(B2c3ccccc3Oc3cc4c(cc32)B2c3ccccc3N(c3ccccc3)c3cc(N(c5ccccc5)c5ccccc5)cc(c32)O4)c(C(C)C)c1. The van der Waals surface area contributed by atoms with E-state index >= 15 is 0 Å². The van der Waals surface area contributed by atoms with E-state index in [4.69, 9.17) is 9.47 Å². The predicted molar refractivity (Wildman–Crippen MR) is 267 cm³/mol. The normalized spacial score (nSPS) is 13.2. The molecule has 63 heavy (non-hydrogen) atoms. The topological polar surface area (TPSA) is 24.9 Å². The van der Waals surface area contributed by atoms with Crippen LogP contribution in [0.15, 0.2) is 176 Å². The fraction of sp³-hybridized carbons (Fsp3) is 0.158. The lowest BCUT2D eigenvalue weighted by molar-refractivity contribution is 0.466. The second-order valence-corrected chi connectivity index (χ2v) is 18.2. The molecule has 3 heterocycles. The van der Waals surface area contributed by atoms with Gasteiger partial charge in [0.2, 0.25) is 0 Å². The second-order valence-electron chi connectivity index (χ2n) is 18.2. The van der Waals surface area contributed by atoms with Crippen molar-refractivity contribution in [2.75, 3.05) is 9.80 Å². The molecule has 3 aliphatic heterocycles. The van der Waals surface area contributed by atoms with Crippen LogP contribution in [0, 0.1) is 0 Å². The van der Waals surface area contributed by atoms with Gasteiger partial charge in [0, 0.05) is 40.6 Å². The molecular weight excluding hydrogens is 766 g/mol. The van der Waals surface area contributed by atoms with Gasteiger partial charge >= 0.3 is 0 Å². The highest BCUT2D eigenvalue weighted by Crippen LogP contribution is 2.46. The molecule has 0 spiro atoms. The maximum atomic E-state index is 7.31. The number of benzene rings is 8. The number of fused-ring (bicyclic) bond motifs is 6. The molecular formula is C57H50B2N2O2. The molecule has 0 bridgehead atoms. The number of ether oxygens (including phenoxy) is 2. The minimum atomic E-state index is -0.0913. The summed E-state index contributed by atoms with van der Waals surface area (Å²) in [4.78, 5) is 4.76. The van der Waals surface area contributed by atoms with Crippen LogP contribution in [0.1, 0.15) is 76.0 Å². The average Bonchev–Trinajstić information content (AvgIpc) is 3.30. The summed E-state index contributed by atoms with van der Waals surface area (Å²) in [6.07, 6.45) is 0. The largest absolute Gasteiger partial charge is 0.458 e. The zero-order valence-corrected chi connectivity index (χ0v) is 36.8. The van der Waals surface area contributed by atoms with E-state index in [0.717, 1.165) is 68.0 Å². The molecule has 0 aromatic heterocycles. The summed E-state index contributed by atoms with van der Waals surface area (Å²) in [6.45, 7) is 13.9. The van der Waals surface area contributed by atoms with Gasteiger partial charge < -0.3 is 19.3 Å². The van der Waals surface area contributed by atoms with E-state index in [1.54, 1.807) is 0 Å². The highest BCUT2D eigenvalue weighted by Gasteiger charge is 2.45. The van der Waals surface area contributed by atoms with Crippen LogP contribution in [0.5, 0.6) is 23.0 Å². The van der Waals surface area contributed by atoms with Crippen molar-refractivity contribution in [3.05, 3.63) is 193 Å². The van der Waals surface area contributed by atoms with E-state index in [0.29, 0.717) is 17.8 Å². The quantitative estimate of drug-likeness (QED) is 0.143. The molecule has 306 valence electrons. The predicted octanol–water partition coefficient (Wildman–Crippen LogP) is 11.6. The highest BCUT2D eigenvalue weighted by atomic mass is 16.5. The van der Waals surface area contributed by atoms with Gasteiger partial charge in [-0.05, 0) is 116 Å². The molecule has 0 fully saturated rings. The lowest BCUT2D eigenvalue weighted by atomic mass is 9.31. The molecule has 0 unspecified atom stereocenters. The van der Waals surface area contributed by atoms with Gasteiger partial charge in [0.15, 0.2) is 0 Å². The summed E-state index contributed by atoms with van der Waals surface area (Å²) in [6, 6.07) is 63.8. The van der Waals surface area contributed by atoms with E-state index in [2.05, 4.69) is 227 Å². The van der Waals surface area contributed by atoms with Crippen LogP contribution in [-0.4, -0.2) is 13.4 Å². The van der Waals surface area contributed by atoms with Crippen molar-refractivity contribution in [3.8, 4) is 23.0 Å². The van der Waals surface area contributed by atoms with Crippen molar-refractivity contribution < 1.29 is 9.47 Å².